The molecule has 12 heavy (non-hydrogen) atoms. The lowest BCUT2D eigenvalue weighted by atomic mass is 10.2. The molecule has 66 valence electrons. The van der Waals surface area contributed by atoms with E-state index in [1.807, 2.05) is 18.2 Å². The number of aromatic nitrogens is 1. The molecule has 0 bridgehead atoms. The molecule has 0 saturated carbocycles. The predicted octanol–water partition coefficient (Wildman–Crippen LogP) is 0.706. The molecule has 0 saturated heterocycles. The highest BCUT2D eigenvalue weighted by Gasteiger charge is 2.03. The second-order valence-electron chi connectivity index (χ2n) is 2.55. The van der Waals surface area contributed by atoms with Crippen molar-refractivity contribution in [3.05, 3.63) is 28.5 Å². The zero-order valence-corrected chi connectivity index (χ0v) is 8.16. The maximum absolute atomic E-state index is 9.22. The number of pyridine rings is 1. The van der Waals surface area contributed by atoms with Crippen molar-refractivity contribution in [3.8, 4) is 0 Å². The van der Waals surface area contributed by atoms with Gasteiger partial charge in [0, 0.05) is 18.7 Å². The molecule has 0 aliphatic heterocycles. The standard InChI is InChI=1S/C8H11BrN2O/c9-8-3-1-2-6(11-8)4-7(12)5-10/h1-3,7,12H,4-5,10H2. The number of hydrogen-bond donors (Lipinski definition) is 2. The number of halogens is 1. The van der Waals surface area contributed by atoms with E-state index in [0.29, 0.717) is 6.42 Å². The van der Waals surface area contributed by atoms with Gasteiger partial charge in [-0.05, 0) is 28.1 Å². The normalized spacial score (nSPS) is 12.9. The fourth-order valence-corrected chi connectivity index (χ4v) is 1.27. The lowest BCUT2D eigenvalue weighted by Gasteiger charge is -2.06. The van der Waals surface area contributed by atoms with E-state index in [1.165, 1.54) is 0 Å². The fraction of sp³-hybridized carbons (Fsp3) is 0.375. The summed E-state index contributed by atoms with van der Waals surface area (Å²) in [5.74, 6) is 0. The van der Waals surface area contributed by atoms with Crippen molar-refractivity contribution < 1.29 is 5.11 Å². The summed E-state index contributed by atoms with van der Waals surface area (Å²) in [6.45, 7) is 0.272. The Kier molecular flexibility index (Phi) is 3.65. The molecule has 3 nitrogen and oxygen atoms in total. The van der Waals surface area contributed by atoms with E-state index in [2.05, 4.69) is 20.9 Å². The maximum atomic E-state index is 9.22. The molecule has 4 heteroatoms. The highest BCUT2D eigenvalue weighted by atomic mass is 79.9. The third-order valence-corrected chi connectivity index (χ3v) is 1.93. The number of rotatable bonds is 3. The molecule has 1 aromatic rings. The average molecular weight is 231 g/mol. The minimum atomic E-state index is -0.494. The summed E-state index contributed by atoms with van der Waals surface area (Å²) in [6.07, 6.45) is 0.0162. The van der Waals surface area contributed by atoms with Crippen LogP contribution in [0.1, 0.15) is 5.69 Å². The van der Waals surface area contributed by atoms with Crippen LogP contribution in [-0.4, -0.2) is 22.7 Å². The molecule has 0 radical (unpaired) electrons. The van der Waals surface area contributed by atoms with Crippen molar-refractivity contribution >= 4 is 15.9 Å². The summed E-state index contributed by atoms with van der Waals surface area (Å²) in [4.78, 5) is 4.16. The second kappa shape index (κ2) is 4.54. The van der Waals surface area contributed by atoms with Gasteiger partial charge in [-0.3, -0.25) is 0 Å². The monoisotopic (exact) mass is 230 g/mol. The fourth-order valence-electron chi connectivity index (χ4n) is 0.889. The lowest BCUT2D eigenvalue weighted by Crippen LogP contribution is -2.22. The molecule has 1 rings (SSSR count). The molecule has 0 aromatic carbocycles. The smallest absolute Gasteiger partial charge is 0.106 e. The van der Waals surface area contributed by atoms with Crippen molar-refractivity contribution in [2.45, 2.75) is 12.5 Å². The van der Waals surface area contributed by atoms with Gasteiger partial charge in [-0.2, -0.15) is 0 Å². The topological polar surface area (TPSA) is 59.1 Å². The molecule has 0 aliphatic carbocycles. The Bertz CT molecular complexity index is 255. The van der Waals surface area contributed by atoms with Gasteiger partial charge in [-0.1, -0.05) is 6.07 Å². The Hall–Kier alpha value is -0.450. The SMILES string of the molecule is NCC(O)Cc1cccc(Br)n1. The number of nitrogens with zero attached hydrogens (tertiary/aromatic N) is 1. The molecule has 1 heterocycles. The van der Waals surface area contributed by atoms with E-state index >= 15 is 0 Å². The van der Waals surface area contributed by atoms with Crippen molar-refractivity contribution in [3.63, 3.8) is 0 Å². The van der Waals surface area contributed by atoms with Gasteiger partial charge in [0.25, 0.3) is 0 Å². The Morgan fingerprint density at radius 2 is 2.33 bits per heavy atom. The molecular formula is C8H11BrN2O. The van der Waals surface area contributed by atoms with Crippen molar-refractivity contribution in [1.29, 1.82) is 0 Å². The summed E-state index contributed by atoms with van der Waals surface area (Å²) in [6, 6.07) is 5.59. The van der Waals surface area contributed by atoms with E-state index in [9.17, 15) is 5.11 Å². The quantitative estimate of drug-likeness (QED) is 0.753. The average Bonchev–Trinajstić information content (AvgIpc) is 2.04. The third kappa shape index (κ3) is 2.89. The van der Waals surface area contributed by atoms with Gasteiger partial charge < -0.3 is 10.8 Å². The first kappa shape index (κ1) is 9.64. The van der Waals surface area contributed by atoms with Gasteiger partial charge in [0.2, 0.25) is 0 Å². The molecule has 0 amide bonds. The van der Waals surface area contributed by atoms with Crippen LogP contribution >= 0.6 is 15.9 Å². The number of hydrogen-bond acceptors (Lipinski definition) is 3. The van der Waals surface area contributed by atoms with Gasteiger partial charge in [0.15, 0.2) is 0 Å². The van der Waals surface area contributed by atoms with Crippen molar-refractivity contribution in [2.75, 3.05) is 6.54 Å². The summed E-state index contributed by atoms with van der Waals surface area (Å²) >= 11 is 3.25. The molecule has 1 atom stereocenters. The van der Waals surface area contributed by atoms with Crippen LogP contribution < -0.4 is 5.73 Å². The van der Waals surface area contributed by atoms with Crippen LogP contribution in [0.25, 0.3) is 0 Å². The lowest BCUT2D eigenvalue weighted by molar-refractivity contribution is 0.182. The minimum absolute atomic E-state index is 0.272. The number of aliphatic hydroxyl groups excluding tert-OH is 1. The van der Waals surface area contributed by atoms with Gasteiger partial charge >= 0.3 is 0 Å². The van der Waals surface area contributed by atoms with Crippen LogP contribution in [0.15, 0.2) is 22.8 Å². The van der Waals surface area contributed by atoms with E-state index in [4.69, 9.17) is 5.73 Å². The first-order valence-corrected chi connectivity index (χ1v) is 4.51. The van der Waals surface area contributed by atoms with Gasteiger partial charge in [-0.15, -0.1) is 0 Å². The highest BCUT2D eigenvalue weighted by Crippen LogP contribution is 2.07. The Balaban J connectivity index is 2.63. The third-order valence-electron chi connectivity index (χ3n) is 1.49. The van der Waals surface area contributed by atoms with Crippen LogP contribution in [0, 0.1) is 0 Å². The van der Waals surface area contributed by atoms with Crippen molar-refractivity contribution in [2.24, 2.45) is 5.73 Å². The molecule has 1 aromatic heterocycles. The molecule has 3 N–H and O–H groups in total. The summed E-state index contributed by atoms with van der Waals surface area (Å²) in [5.41, 5.74) is 6.12. The van der Waals surface area contributed by atoms with E-state index in [1.54, 1.807) is 0 Å². The first-order chi connectivity index (χ1) is 5.72. The molecule has 0 aliphatic rings. The van der Waals surface area contributed by atoms with Gasteiger partial charge in [0.1, 0.15) is 4.60 Å². The van der Waals surface area contributed by atoms with E-state index in [-0.39, 0.29) is 6.54 Å². The minimum Gasteiger partial charge on any atom is -0.391 e. The molecular weight excluding hydrogens is 220 g/mol. The van der Waals surface area contributed by atoms with E-state index in [0.717, 1.165) is 10.3 Å². The van der Waals surface area contributed by atoms with Crippen LogP contribution in [0.5, 0.6) is 0 Å². The Morgan fingerprint density at radius 3 is 2.92 bits per heavy atom. The molecule has 0 spiro atoms. The van der Waals surface area contributed by atoms with Gasteiger partial charge in [-0.25, -0.2) is 4.98 Å². The number of aliphatic hydroxyl groups is 1. The van der Waals surface area contributed by atoms with Crippen LogP contribution in [0.2, 0.25) is 0 Å². The molecule has 1 unspecified atom stereocenters. The Morgan fingerprint density at radius 1 is 1.58 bits per heavy atom. The van der Waals surface area contributed by atoms with Crippen LogP contribution in [0.3, 0.4) is 0 Å². The maximum Gasteiger partial charge on any atom is 0.106 e. The van der Waals surface area contributed by atoms with Crippen LogP contribution in [-0.2, 0) is 6.42 Å². The zero-order chi connectivity index (χ0) is 8.97. The number of nitrogens with two attached hydrogens (primary N) is 1. The first-order valence-electron chi connectivity index (χ1n) is 3.72. The molecule has 0 fully saturated rings. The van der Waals surface area contributed by atoms with E-state index < -0.39 is 6.10 Å². The largest absolute Gasteiger partial charge is 0.391 e. The summed E-state index contributed by atoms with van der Waals surface area (Å²) < 4.78 is 0.782. The highest BCUT2D eigenvalue weighted by molar-refractivity contribution is 9.10. The van der Waals surface area contributed by atoms with Crippen molar-refractivity contribution in [1.82, 2.24) is 4.98 Å². The summed E-state index contributed by atoms with van der Waals surface area (Å²) in [7, 11) is 0. The summed E-state index contributed by atoms with van der Waals surface area (Å²) in [5, 5.41) is 9.22. The Labute approximate surface area is 79.7 Å². The zero-order valence-electron chi connectivity index (χ0n) is 6.57. The van der Waals surface area contributed by atoms with Crippen LogP contribution in [0.4, 0.5) is 0 Å². The predicted molar refractivity (Wildman–Crippen MR) is 50.7 cm³/mol. The second-order valence-corrected chi connectivity index (χ2v) is 3.36. The van der Waals surface area contributed by atoms with Gasteiger partial charge in [0.05, 0.1) is 6.10 Å².